The van der Waals surface area contributed by atoms with Crippen LogP contribution in [0.1, 0.15) is 25.7 Å². The molecule has 2 fully saturated rings. The van der Waals surface area contributed by atoms with Crippen molar-refractivity contribution >= 4 is 23.4 Å². The Bertz CT molecular complexity index is 549. The van der Waals surface area contributed by atoms with E-state index >= 15 is 0 Å². The maximum Gasteiger partial charge on any atom is 0.244 e. The second-order valence-electron chi connectivity index (χ2n) is 5.55. The fourth-order valence-corrected chi connectivity index (χ4v) is 3.17. The molecule has 1 N–H and O–H groups in total. The Morgan fingerprint density at radius 2 is 1.90 bits per heavy atom. The molecule has 3 rings (SSSR count). The van der Waals surface area contributed by atoms with Crippen LogP contribution in [0.25, 0.3) is 0 Å². The van der Waals surface area contributed by atoms with Gasteiger partial charge in [0.15, 0.2) is 0 Å². The van der Waals surface area contributed by atoms with E-state index in [1.807, 2.05) is 0 Å². The standard InChI is InChI=1S/C15H17N3O3/c19-13(17-10-4-3-7-16-8-10)9-18-14(20)11-5-1-2-6-12(11)15(18)21/h3-4,7-8,11-12H,1-2,5-6,9H2,(H,17,19)/t11-,12-/m1/s1. The third-order valence-electron chi connectivity index (χ3n) is 4.18. The van der Waals surface area contributed by atoms with E-state index in [1.54, 1.807) is 18.3 Å². The van der Waals surface area contributed by atoms with Crippen LogP contribution >= 0.6 is 0 Å². The second kappa shape index (κ2) is 5.63. The van der Waals surface area contributed by atoms with Crippen LogP contribution in [0.3, 0.4) is 0 Å². The molecular formula is C15H17N3O3. The van der Waals surface area contributed by atoms with Gasteiger partial charge in [-0.15, -0.1) is 0 Å². The average Bonchev–Trinajstić information content (AvgIpc) is 2.74. The highest BCUT2D eigenvalue weighted by Crippen LogP contribution is 2.37. The van der Waals surface area contributed by atoms with Gasteiger partial charge in [0.2, 0.25) is 17.7 Å². The number of rotatable bonds is 3. The van der Waals surface area contributed by atoms with E-state index in [4.69, 9.17) is 0 Å². The molecular weight excluding hydrogens is 270 g/mol. The number of amides is 3. The fraction of sp³-hybridized carbons (Fsp3) is 0.467. The smallest absolute Gasteiger partial charge is 0.244 e. The minimum atomic E-state index is -0.372. The third-order valence-corrected chi connectivity index (χ3v) is 4.18. The van der Waals surface area contributed by atoms with Gasteiger partial charge in [0.05, 0.1) is 23.7 Å². The van der Waals surface area contributed by atoms with Crippen molar-refractivity contribution in [1.82, 2.24) is 9.88 Å². The highest BCUT2D eigenvalue weighted by atomic mass is 16.2. The first-order valence-electron chi connectivity index (χ1n) is 7.22. The van der Waals surface area contributed by atoms with Crippen molar-refractivity contribution in [2.75, 3.05) is 11.9 Å². The van der Waals surface area contributed by atoms with Gasteiger partial charge in [-0.3, -0.25) is 24.3 Å². The van der Waals surface area contributed by atoms with Gasteiger partial charge in [-0.1, -0.05) is 12.8 Å². The summed E-state index contributed by atoms with van der Waals surface area (Å²) in [5.74, 6) is -1.17. The molecule has 3 amide bonds. The topological polar surface area (TPSA) is 79.4 Å². The lowest BCUT2D eigenvalue weighted by atomic mass is 9.81. The normalized spacial score (nSPS) is 24.9. The number of hydrogen-bond acceptors (Lipinski definition) is 4. The van der Waals surface area contributed by atoms with Crippen LogP contribution in [0.5, 0.6) is 0 Å². The molecule has 0 radical (unpaired) electrons. The maximum absolute atomic E-state index is 12.3. The molecule has 0 unspecified atom stereocenters. The maximum atomic E-state index is 12.3. The van der Waals surface area contributed by atoms with E-state index in [0.29, 0.717) is 5.69 Å². The number of anilines is 1. The van der Waals surface area contributed by atoms with Crippen molar-refractivity contribution in [2.24, 2.45) is 11.8 Å². The first-order valence-corrected chi connectivity index (χ1v) is 7.22. The van der Waals surface area contributed by atoms with Gasteiger partial charge in [-0.25, -0.2) is 0 Å². The number of imide groups is 1. The molecule has 6 nitrogen and oxygen atoms in total. The first-order chi connectivity index (χ1) is 10.2. The van der Waals surface area contributed by atoms with Crippen LogP contribution in [-0.2, 0) is 14.4 Å². The molecule has 21 heavy (non-hydrogen) atoms. The summed E-state index contributed by atoms with van der Waals surface area (Å²) in [5.41, 5.74) is 0.555. The third kappa shape index (κ3) is 2.66. The van der Waals surface area contributed by atoms with E-state index in [0.717, 1.165) is 30.6 Å². The molecule has 1 aromatic rings. The molecule has 0 bridgehead atoms. The summed E-state index contributed by atoms with van der Waals surface area (Å²) in [5, 5.41) is 2.64. The van der Waals surface area contributed by atoms with E-state index in [1.165, 1.54) is 6.20 Å². The van der Waals surface area contributed by atoms with E-state index < -0.39 is 0 Å². The van der Waals surface area contributed by atoms with Crippen LogP contribution in [0.2, 0.25) is 0 Å². The summed E-state index contributed by atoms with van der Waals surface area (Å²) < 4.78 is 0. The summed E-state index contributed by atoms with van der Waals surface area (Å²) >= 11 is 0. The van der Waals surface area contributed by atoms with Gasteiger partial charge in [0.1, 0.15) is 6.54 Å². The zero-order valence-corrected chi connectivity index (χ0v) is 11.6. The van der Waals surface area contributed by atoms with Gasteiger partial charge >= 0.3 is 0 Å². The predicted molar refractivity (Wildman–Crippen MR) is 75.0 cm³/mol. The van der Waals surface area contributed by atoms with Crippen molar-refractivity contribution in [2.45, 2.75) is 25.7 Å². The number of nitrogens with zero attached hydrogens (tertiary/aromatic N) is 2. The Kier molecular flexibility index (Phi) is 3.68. The zero-order valence-electron chi connectivity index (χ0n) is 11.6. The fourth-order valence-electron chi connectivity index (χ4n) is 3.17. The van der Waals surface area contributed by atoms with Gasteiger partial charge in [0.25, 0.3) is 0 Å². The second-order valence-corrected chi connectivity index (χ2v) is 5.55. The molecule has 0 aromatic carbocycles. The summed E-state index contributed by atoms with van der Waals surface area (Å²) in [6.45, 7) is -0.209. The first kappa shape index (κ1) is 13.7. The molecule has 1 aliphatic heterocycles. The Morgan fingerprint density at radius 3 is 2.48 bits per heavy atom. The summed E-state index contributed by atoms with van der Waals surface area (Å²) in [6.07, 6.45) is 6.61. The number of aromatic nitrogens is 1. The van der Waals surface area contributed by atoms with Crippen LogP contribution in [-0.4, -0.2) is 34.2 Å². The van der Waals surface area contributed by atoms with Crippen LogP contribution in [0.15, 0.2) is 24.5 Å². The molecule has 2 aliphatic rings. The van der Waals surface area contributed by atoms with Gasteiger partial charge in [-0.05, 0) is 25.0 Å². The molecule has 6 heteroatoms. The van der Waals surface area contributed by atoms with Gasteiger partial charge in [0, 0.05) is 6.20 Å². The lowest BCUT2D eigenvalue weighted by Crippen LogP contribution is -2.38. The Balaban J connectivity index is 1.66. The minimum Gasteiger partial charge on any atom is -0.323 e. The Hall–Kier alpha value is -2.24. The number of pyridine rings is 1. The molecule has 2 atom stereocenters. The van der Waals surface area contributed by atoms with Crippen molar-refractivity contribution < 1.29 is 14.4 Å². The number of nitrogens with one attached hydrogen (secondary N) is 1. The van der Waals surface area contributed by atoms with E-state index in [2.05, 4.69) is 10.3 Å². The van der Waals surface area contributed by atoms with E-state index in [9.17, 15) is 14.4 Å². The lowest BCUT2D eigenvalue weighted by molar-refractivity contribution is -0.142. The SMILES string of the molecule is O=C(CN1C(=O)[C@@H]2CCCC[C@H]2C1=O)Nc1cccnc1. The molecule has 1 aromatic heterocycles. The number of fused-ring (bicyclic) bond motifs is 1. The van der Waals surface area contributed by atoms with Crippen molar-refractivity contribution in [3.8, 4) is 0 Å². The average molecular weight is 287 g/mol. The molecule has 0 spiro atoms. The Morgan fingerprint density at radius 1 is 1.24 bits per heavy atom. The molecule has 1 aliphatic carbocycles. The molecule has 1 saturated carbocycles. The van der Waals surface area contributed by atoms with Crippen LogP contribution < -0.4 is 5.32 Å². The number of likely N-dealkylation sites (tertiary alicyclic amines) is 1. The largest absolute Gasteiger partial charge is 0.323 e. The summed E-state index contributed by atoms with van der Waals surface area (Å²) in [4.78, 5) is 41.5. The van der Waals surface area contributed by atoms with Gasteiger partial charge < -0.3 is 5.32 Å². The molecule has 2 heterocycles. The molecule has 1 saturated heterocycles. The van der Waals surface area contributed by atoms with Gasteiger partial charge in [-0.2, -0.15) is 0 Å². The van der Waals surface area contributed by atoms with Crippen molar-refractivity contribution in [3.63, 3.8) is 0 Å². The summed E-state index contributed by atoms with van der Waals surface area (Å²) in [7, 11) is 0. The van der Waals surface area contributed by atoms with E-state index in [-0.39, 0.29) is 36.1 Å². The molecule has 110 valence electrons. The van der Waals surface area contributed by atoms with Crippen LogP contribution in [0, 0.1) is 11.8 Å². The monoisotopic (exact) mass is 287 g/mol. The quantitative estimate of drug-likeness (QED) is 0.847. The van der Waals surface area contributed by atoms with Crippen molar-refractivity contribution in [3.05, 3.63) is 24.5 Å². The number of carbonyl (C=O) groups excluding carboxylic acids is 3. The van der Waals surface area contributed by atoms with Crippen molar-refractivity contribution in [1.29, 1.82) is 0 Å². The summed E-state index contributed by atoms with van der Waals surface area (Å²) in [6, 6.07) is 3.41. The zero-order chi connectivity index (χ0) is 14.8. The predicted octanol–water partition coefficient (Wildman–Crippen LogP) is 1.20. The Labute approximate surface area is 122 Å². The minimum absolute atomic E-state index is 0.189. The number of hydrogen-bond donors (Lipinski definition) is 1. The highest BCUT2D eigenvalue weighted by molar-refractivity contribution is 6.08. The van der Waals surface area contributed by atoms with Crippen LogP contribution in [0.4, 0.5) is 5.69 Å². The highest BCUT2D eigenvalue weighted by Gasteiger charge is 2.48. The number of carbonyl (C=O) groups is 3. The lowest BCUT2D eigenvalue weighted by Gasteiger charge is -2.19.